The lowest BCUT2D eigenvalue weighted by Gasteiger charge is -2.28. The van der Waals surface area contributed by atoms with Gasteiger partial charge in [0.2, 0.25) is 5.78 Å². The third kappa shape index (κ3) is 4.09. The van der Waals surface area contributed by atoms with Crippen molar-refractivity contribution >= 4 is 23.0 Å². The number of aliphatic hydroxyl groups is 1. The van der Waals surface area contributed by atoms with Crippen LogP contribution in [0.5, 0.6) is 0 Å². The van der Waals surface area contributed by atoms with Crippen LogP contribution in [0, 0.1) is 13.8 Å². The minimum Gasteiger partial charge on any atom is -0.503 e. The molecule has 1 unspecified atom stereocenters. The average molecular weight is 415 g/mol. The van der Waals surface area contributed by atoms with Gasteiger partial charge in [-0.05, 0) is 39.1 Å². The maximum Gasteiger partial charge on any atom is 0.290 e. The van der Waals surface area contributed by atoms with Crippen LogP contribution < -0.4 is 0 Å². The molecule has 8 heteroatoms. The fourth-order valence-electron chi connectivity index (χ4n) is 3.61. The van der Waals surface area contributed by atoms with E-state index in [9.17, 15) is 14.7 Å². The van der Waals surface area contributed by atoms with E-state index in [4.69, 9.17) is 0 Å². The van der Waals surface area contributed by atoms with Crippen LogP contribution in [0.1, 0.15) is 46.0 Å². The Balaban J connectivity index is 2.02. The second kappa shape index (κ2) is 8.84. The Labute approximate surface area is 174 Å². The first-order valence-corrected chi connectivity index (χ1v) is 10.6. The second-order valence-electron chi connectivity index (χ2n) is 6.92. The first kappa shape index (κ1) is 21.1. The van der Waals surface area contributed by atoms with Gasteiger partial charge in [0, 0.05) is 19.3 Å². The molecule has 0 fully saturated rings. The zero-order valence-corrected chi connectivity index (χ0v) is 18.0. The maximum absolute atomic E-state index is 13.4. The Morgan fingerprint density at radius 1 is 1.28 bits per heavy atom. The molecule has 1 atom stereocenters. The SMILES string of the molecule is CCN(CC)CCN1C(=O)C(O)=C(C(=O)c2sc(C)nc2C)C1c1ccccn1. The summed E-state index contributed by atoms with van der Waals surface area (Å²) >= 11 is 1.27. The van der Waals surface area contributed by atoms with Crippen molar-refractivity contribution < 1.29 is 14.7 Å². The van der Waals surface area contributed by atoms with E-state index < -0.39 is 17.7 Å². The van der Waals surface area contributed by atoms with Gasteiger partial charge in [-0.1, -0.05) is 19.9 Å². The molecule has 3 rings (SSSR count). The molecule has 0 saturated heterocycles. The highest BCUT2D eigenvalue weighted by atomic mass is 32.1. The maximum atomic E-state index is 13.4. The molecule has 0 bridgehead atoms. The summed E-state index contributed by atoms with van der Waals surface area (Å²) in [6.07, 6.45) is 1.63. The number of likely N-dealkylation sites (N-methyl/N-ethyl adjacent to an activating group) is 1. The number of aryl methyl sites for hydroxylation is 2. The van der Waals surface area contributed by atoms with Gasteiger partial charge in [0.05, 0.1) is 26.8 Å². The third-order valence-corrected chi connectivity index (χ3v) is 6.25. The average Bonchev–Trinajstić information content (AvgIpc) is 3.19. The van der Waals surface area contributed by atoms with Gasteiger partial charge in [-0.15, -0.1) is 11.3 Å². The van der Waals surface area contributed by atoms with Crippen LogP contribution in [0.25, 0.3) is 0 Å². The van der Waals surface area contributed by atoms with Crippen molar-refractivity contribution in [3.63, 3.8) is 0 Å². The molecule has 1 amide bonds. The molecule has 0 spiro atoms. The summed E-state index contributed by atoms with van der Waals surface area (Å²) in [6, 6.07) is 4.66. The van der Waals surface area contributed by atoms with Gasteiger partial charge in [-0.2, -0.15) is 0 Å². The van der Waals surface area contributed by atoms with Crippen LogP contribution in [0.15, 0.2) is 35.7 Å². The molecule has 0 aliphatic carbocycles. The molecule has 1 N–H and O–H groups in total. The van der Waals surface area contributed by atoms with Gasteiger partial charge < -0.3 is 14.9 Å². The monoisotopic (exact) mass is 414 g/mol. The van der Waals surface area contributed by atoms with Crippen molar-refractivity contribution in [2.75, 3.05) is 26.2 Å². The van der Waals surface area contributed by atoms with E-state index in [1.54, 1.807) is 30.2 Å². The lowest BCUT2D eigenvalue weighted by molar-refractivity contribution is -0.129. The third-order valence-electron chi connectivity index (χ3n) is 5.18. The summed E-state index contributed by atoms with van der Waals surface area (Å²) in [7, 11) is 0. The number of thiazole rings is 1. The second-order valence-corrected chi connectivity index (χ2v) is 8.12. The minimum atomic E-state index is -0.714. The number of carbonyl (C=O) groups is 2. The molecule has 0 saturated carbocycles. The van der Waals surface area contributed by atoms with Crippen LogP contribution in [0.3, 0.4) is 0 Å². The Hall–Kier alpha value is -2.58. The van der Waals surface area contributed by atoms with Crippen LogP contribution >= 0.6 is 11.3 Å². The molecular weight excluding hydrogens is 388 g/mol. The molecule has 1 aliphatic heterocycles. The number of nitrogens with zero attached hydrogens (tertiary/aromatic N) is 4. The summed E-state index contributed by atoms with van der Waals surface area (Å²) < 4.78 is 0. The number of hydrogen-bond acceptors (Lipinski definition) is 7. The normalized spacial score (nSPS) is 16.9. The zero-order chi connectivity index (χ0) is 21.1. The zero-order valence-electron chi connectivity index (χ0n) is 17.2. The van der Waals surface area contributed by atoms with E-state index in [0.717, 1.165) is 18.1 Å². The first-order valence-electron chi connectivity index (χ1n) is 9.75. The molecule has 29 heavy (non-hydrogen) atoms. The summed E-state index contributed by atoms with van der Waals surface area (Å²) in [6.45, 7) is 10.5. The fourth-order valence-corrected chi connectivity index (χ4v) is 4.49. The topological polar surface area (TPSA) is 86.6 Å². The van der Waals surface area contributed by atoms with Crippen molar-refractivity contribution in [3.05, 3.63) is 57.0 Å². The predicted molar refractivity (Wildman–Crippen MR) is 112 cm³/mol. The largest absolute Gasteiger partial charge is 0.503 e. The number of aromatic nitrogens is 2. The van der Waals surface area contributed by atoms with Crippen LogP contribution in [0.2, 0.25) is 0 Å². The highest BCUT2D eigenvalue weighted by molar-refractivity contribution is 7.14. The van der Waals surface area contributed by atoms with Crippen LogP contribution in [-0.4, -0.2) is 62.7 Å². The molecule has 3 heterocycles. The molecule has 154 valence electrons. The van der Waals surface area contributed by atoms with Crippen molar-refractivity contribution in [3.8, 4) is 0 Å². The number of hydrogen-bond donors (Lipinski definition) is 1. The minimum absolute atomic E-state index is 0.0833. The van der Waals surface area contributed by atoms with Gasteiger partial charge >= 0.3 is 0 Å². The Bertz CT molecular complexity index is 935. The Morgan fingerprint density at radius 2 is 2.00 bits per heavy atom. The summed E-state index contributed by atoms with van der Waals surface area (Å²) in [5.74, 6) is -1.38. The van der Waals surface area contributed by atoms with Gasteiger partial charge in [0.1, 0.15) is 6.04 Å². The van der Waals surface area contributed by atoms with Crippen LogP contribution in [-0.2, 0) is 4.79 Å². The van der Waals surface area contributed by atoms with E-state index in [-0.39, 0.29) is 11.4 Å². The molecule has 2 aromatic heterocycles. The highest BCUT2D eigenvalue weighted by Gasteiger charge is 2.45. The summed E-state index contributed by atoms with van der Waals surface area (Å²) in [4.78, 5) is 39.2. The van der Waals surface area contributed by atoms with Crippen molar-refractivity contribution in [2.24, 2.45) is 0 Å². The number of pyridine rings is 1. The predicted octanol–water partition coefficient (Wildman–Crippen LogP) is 3.08. The number of Topliss-reactive ketones (excluding diaryl/α,β-unsaturated/α-hetero) is 1. The molecule has 0 aromatic carbocycles. The quantitative estimate of drug-likeness (QED) is 0.668. The van der Waals surface area contributed by atoms with Crippen LogP contribution in [0.4, 0.5) is 0 Å². The van der Waals surface area contributed by atoms with Crippen molar-refractivity contribution in [1.29, 1.82) is 0 Å². The highest BCUT2D eigenvalue weighted by Crippen LogP contribution is 2.39. The molecular formula is C21H26N4O3S. The van der Waals surface area contributed by atoms with E-state index in [1.807, 2.05) is 13.0 Å². The van der Waals surface area contributed by atoms with Gasteiger partial charge in [-0.25, -0.2) is 4.98 Å². The smallest absolute Gasteiger partial charge is 0.290 e. The number of rotatable bonds is 8. The molecule has 1 aliphatic rings. The number of carbonyl (C=O) groups excluding carboxylic acids is 2. The van der Waals surface area contributed by atoms with E-state index in [1.165, 1.54) is 11.3 Å². The standard InChI is InChI=1S/C21H26N4O3S/c1-5-24(6-2)11-12-25-17(15-9-7-8-10-22-15)16(19(27)21(25)28)18(26)20-13(3)23-14(4)29-20/h7-10,17,27H,5-6,11-12H2,1-4H3. The number of ketones is 1. The van der Waals surface area contributed by atoms with E-state index in [0.29, 0.717) is 29.4 Å². The fraction of sp³-hybridized carbons (Fsp3) is 0.429. The van der Waals surface area contributed by atoms with Gasteiger partial charge in [0.15, 0.2) is 5.76 Å². The Morgan fingerprint density at radius 3 is 2.55 bits per heavy atom. The Kier molecular flexibility index (Phi) is 6.44. The van der Waals surface area contributed by atoms with Crippen molar-refractivity contribution in [1.82, 2.24) is 19.8 Å². The van der Waals surface area contributed by atoms with E-state index >= 15 is 0 Å². The van der Waals surface area contributed by atoms with Crippen molar-refractivity contribution in [2.45, 2.75) is 33.7 Å². The molecule has 7 nitrogen and oxygen atoms in total. The van der Waals surface area contributed by atoms with Gasteiger partial charge in [0.25, 0.3) is 5.91 Å². The molecule has 2 aromatic rings. The lowest BCUT2D eigenvalue weighted by Crippen LogP contribution is -2.38. The lowest BCUT2D eigenvalue weighted by atomic mass is 9.98. The summed E-state index contributed by atoms with van der Waals surface area (Å²) in [5.41, 5.74) is 1.25. The number of amides is 1. The first-order chi connectivity index (χ1) is 13.9. The summed E-state index contributed by atoms with van der Waals surface area (Å²) in [5, 5.41) is 11.4. The van der Waals surface area contributed by atoms with E-state index in [2.05, 4.69) is 28.7 Å². The number of aliphatic hydroxyl groups excluding tert-OH is 1. The van der Waals surface area contributed by atoms with Gasteiger partial charge in [-0.3, -0.25) is 14.6 Å². The molecule has 0 radical (unpaired) electrons.